The number of rotatable bonds is 0. The van der Waals surface area contributed by atoms with Gasteiger partial charge >= 0.3 is 6.18 Å². The third-order valence-corrected chi connectivity index (χ3v) is 1.89. The molecular formula is C8H4ClF3N2. The minimum absolute atomic E-state index is 0.0606. The summed E-state index contributed by atoms with van der Waals surface area (Å²) in [5.41, 5.74) is 3.40. The predicted octanol–water partition coefficient (Wildman–Crippen LogP) is 2.81. The van der Waals surface area contributed by atoms with Gasteiger partial charge in [-0.1, -0.05) is 11.6 Å². The van der Waals surface area contributed by atoms with Crippen molar-refractivity contribution in [2.45, 2.75) is 6.18 Å². The fourth-order valence-corrected chi connectivity index (χ4v) is 1.08. The van der Waals surface area contributed by atoms with E-state index in [0.717, 1.165) is 6.07 Å². The lowest BCUT2D eigenvalue weighted by Crippen LogP contribution is -2.08. The molecule has 2 nitrogen and oxygen atoms in total. The standard InChI is InChI=1S/C8H4ClF3N2/c9-6-1-4(3-13)5(2-7(6)14)8(10,11)12/h1-2H,14H2. The summed E-state index contributed by atoms with van der Waals surface area (Å²) in [6, 6.07) is 2.97. The zero-order valence-electron chi connectivity index (χ0n) is 6.69. The Morgan fingerprint density at radius 3 is 2.36 bits per heavy atom. The maximum Gasteiger partial charge on any atom is 0.417 e. The Labute approximate surface area is 82.7 Å². The van der Waals surface area contributed by atoms with Crippen molar-refractivity contribution in [3.8, 4) is 6.07 Å². The monoisotopic (exact) mass is 220 g/mol. The number of anilines is 1. The molecule has 0 amide bonds. The largest absolute Gasteiger partial charge is 0.417 e. The third-order valence-electron chi connectivity index (χ3n) is 1.56. The van der Waals surface area contributed by atoms with Crippen molar-refractivity contribution in [2.24, 2.45) is 0 Å². The lowest BCUT2D eigenvalue weighted by molar-refractivity contribution is -0.137. The molecule has 0 radical (unpaired) electrons. The number of nitrogen functional groups attached to an aromatic ring is 1. The highest BCUT2D eigenvalue weighted by Gasteiger charge is 2.34. The number of alkyl halides is 3. The van der Waals surface area contributed by atoms with Gasteiger partial charge < -0.3 is 5.73 Å². The Morgan fingerprint density at radius 2 is 1.93 bits per heavy atom. The Bertz CT molecular complexity index is 406. The lowest BCUT2D eigenvalue weighted by Gasteiger charge is -2.09. The van der Waals surface area contributed by atoms with Crippen LogP contribution in [-0.2, 0) is 6.18 Å². The number of nitrogens with two attached hydrogens (primary N) is 1. The highest BCUT2D eigenvalue weighted by Crippen LogP contribution is 2.35. The van der Waals surface area contributed by atoms with Gasteiger partial charge in [-0.15, -0.1) is 0 Å². The maximum atomic E-state index is 12.3. The smallest absolute Gasteiger partial charge is 0.398 e. The molecule has 6 heteroatoms. The minimum Gasteiger partial charge on any atom is -0.398 e. The van der Waals surface area contributed by atoms with Crippen LogP contribution in [0.1, 0.15) is 11.1 Å². The summed E-state index contributed by atoms with van der Waals surface area (Å²) in [4.78, 5) is 0. The van der Waals surface area contributed by atoms with Gasteiger partial charge in [0.05, 0.1) is 27.9 Å². The fourth-order valence-electron chi connectivity index (χ4n) is 0.917. The van der Waals surface area contributed by atoms with Gasteiger partial charge in [0.1, 0.15) is 0 Å². The van der Waals surface area contributed by atoms with Crippen molar-refractivity contribution in [1.29, 1.82) is 5.26 Å². The van der Waals surface area contributed by atoms with Gasteiger partial charge in [-0.05, 0) is 12.1 Å². The van der Waals surface area contributed by atoms with Gasteiger partial charge in [0.15, 0.2) is 0 Å². The summed E-state index contributed by atoms with van der Waals surface area (Å²) in [7, 11) is 0. The molecule has 0 atom stereocenters. The van der Waals surface area contributed by atoms with E-state index in [-0.39, 0.29) is 10.7 Å². The molecule has 0 fully saturated rings. The van der Waals surface area contributed by atoms with Crippen molar-refractivity contribution < 1.29 is 13.2 Å². The summed E-state index contributed by atoms with van der Waals surface area (Å²) >= 11 is 5.47. The van der Waals surface area contributed by atoms with E-state index in [1.165, 1.54) is 6.07 Å². The molecule has 0 aromatic heterocycles. The number of hydrogen-bond donors (Lipinski definition) is 1. The highest BCUT2D eigenvalue weighted by molar-refractivity contribution is 6.33. The zero-order valence-corrected chi connectivity index (χ0v) is 7.45. The van der Waals surface area contributed by atoms with E-state index in [2.05, 4.69) is 0 Å². The molecule has 0 saturated heterocycles. The van der Waals surface area contributed by atoms with Crippen molar-refractivity contribution in [3.05, 3.63) is 28.3 Å². The van der Waals surface area contributed by atoms with Crippen LogP contribution < -0.4 is 5.73 Å². The molecule has 2 N–H and O–H groups in total. The molecule has 1 aromatic rings. The molecule has 0 bridgehead atoms. The first-order chi connectivity index (χ1) is 6.36. The number of nitrogens with zero attached hydrogens (tertiary/aromatic N) is 1. The molecule has 0 aliphatic carbocycles. The Morgan fingerprint density at radius 1 is 1.36 bits per heavy atom. The number of hydrogen-bond acceptors (Lipinski definition) is 2. The second-order valence-electron chi connectivity index (χ2n) is 2.53. The Hall–Kier alpha value is -1.41. The molecule has 1 aromatic carbocycles. The van der Waals surface area contributed by atoms with Crippen LogP contribution >= 0.6 is 11.6 Å². The summed E-state index contributed by atoms with van der Waals surface area (Å²) in [5.74, 6) is 0. The van der Waals surface area contributed by atoms with E-state index in [1.807, 2.05) is 0 Å². The quantitative estimate of drug-likeness (QED) is 0.684. The SMILES string of the molecule is N#Cc1cc(Cl)c(N)cc1C(F)(F)F. The van der Waals surface area contributed by atoms with Gasteiger partial charge in [0, 0.05) is 0 Å². The van der Waals surface area contributed by atoms with E-state index in [4.69, 9.17) is 22.6 Å². The first-order valence-electron chi connectivity index (χ1n) is 3.42. The van der Waals surface area contributed by atoms with E-state index in [0.29, 0.717) is 6.07 Å². The summed E-state index contributed by atoms with van der Waals surface area (Å²) in [5, 5.41) is 8.39. The van der Waals surface area contributed by atoms with Crippen LogP contribution in [0.2, 0.25) is 5.02 Å². The summed E-state index contributed by atoms with van der Waals surface area (Å²) in [6.07, 6.45) is -4.59. The average molecular weight is 221 g/mol. The minimum atomic E-state index is -4.59. The summed E-state index contributed by atoms with van der Waals surface area (Å²) < 4.78 is 36.9. The van der Waals surface area contributed by atoms with Crippen LogP contribution in [0.5, 0.6) is 0 Å². The van der Waals surface area contributed by atoms with Gasteiger partial charge in [-0.25, -0.2) is 0 Å². The maximum absolute atomic E-state index is 12.3. The van der Waals surface area contributed by atoms with Gasteiger partial charge in [-0.3, -0.25) is 0 Å². The number of benzene rings is 1. The van der Waals surface area contributed by atoms with Crippen molar-refractivity contribution >= 4 is 17.3 Å². The van der Waals surface area contributed by atoms with Crippen LogP contribution in [-0.4, -0.2) is 0 Å². The molecule has 0 aliphatic heterocycles. The van der Waals surface area contributed by atoms with Crippen LogP contribution in [0.25, 0.3) is 0 Å². The molecule has 0 unspecified atom stereocenters. The van der Waals surface area contributed by atoms with Gasteiger partial charge in [0.2, 0.25) is 0 Å². The third kappa shape index (κ3) is 1.91. The van der Waals surface area contributed by atoms with Crippen molar-refractivity contribution in [3.63, 3.8) is 0 Å². The molecular weight excluding hydrogens is 217 g/mol. The van der Waals surface area contributed by atoms with Gasteiger partial charge in [-0.2, -0.15) is 18.4 Å². The first-order valence-corrected chi connectivity index (χ1v) is 3.80. The highest BCUT2D eigenvalue weighted by atomic mass is 35.5. The van der Waals surface area contributed by atoms with Crippen LogP contribution in [0.4, 0.5) is 18.9 Å². The van der Waals surface area contributed by atoms with Crippen molar-refractivity contribution in [2.75, 3.05) is 5.73 Å². The molecule has 0 spiro atoms. The topological polar surface area (TPSA) is 49.8 Å². The molecule has 0 saturated carbocycles. The normalized spacial score (nSPS) is 11.1. The Balaban J connectivity index is 3.45. The van der Waals surface area contributed by atoms with Crippen LogP contribution in [0, 0.1) is 11.3 Å². The second-order valence-corrected chi connectivity index (χ2v) is 2.94. The zero-order chi connectivity index (χ0) is 10.9. The fraction of sp³-hybridized carbons (Fsp3) is 0.125. The van der Waals surface area contributed by atoms with Crippen LogP contribution in [0.15, 0.2) is 12.1 Å². The van der Waals surface area contributed by atoms with E-state index in [1.54, 1.807) is 0 Å². The Kier molecular flexibility index (Phi) is 2.58. The summed E-state index contributed by atoms with van der Waals surface area (Å²) in [6.45, 7) is 0. The first kappa shape index (κ1) is 10.7. The van der Waals surface area contributed by atoms with Gasteiger partial charge in [0.25, 0.3) is 0 Å². The lowest BCUT2D eigenvalue weighted by atomic mass is 10.1. The van der Waals surface area contributed by atoms with Crippen molar-refractivity contribution in [1.82, 2.24) is 0 Å². The predicted molar refractivity (Wildman–Crippen MR) is 45.6 cm³/mol. The average Bonchev–Trinajstić information content (AvgIpc) is 2.07. The van der Waals surface area contributed by atoms with E-state index < -0.39 is 17.3 Å². The number of nitriles is 1. The molecule has 1 rings (SSSR count). The molecule has 0 heterocycles. The second kappa shape index (κ2) is 3.39. The molecule has 74 valence electrons. The van der Waals surface area contributed by atoms with E-state index in [9.17, 15) is 13.2 Å². The van der Waals surface area contributed by atoms with Crippen LogP contribution in [0.3, 0.4) is 0 Å². The molecule has 14 heavy (non-hydrogen) atoms. The molecule has 0 aliphatic rings. The number of halogens is 4. The van der Waals surface area contributed by atoms with E-state index >= 15 is 0 Å².